The third-order valence-electron chi connectivity index (χ3n) is 1.93. The van der Waals surface area contributed by atoms with E-state index in [4.69, 9.17) is 0 Å². The van der Waals surface area contributed by atoms with Gasteiger partial charge in [-0.25, -0.2) is 0 Å². The fourth-order valence-corrected chi connectivity index (χ4v) is 1.19. The first-order valence-electron chi connectivity index (χ1n) is 4.02. The molecule has 0 aromatic rings. The van der Waals surface area contributed by atoms with Crippen LogP contribution in [0.4, 0.5) is 0 Å². The third kappa shape index (κ3) is 2.54. The number of nitrogens with one attached hydrogen (secondary N) is 1. The van der Waals surface area contributed by atoms with Crippen molar-refractivity contribution < 1.29 is 19.1 Å². The molecule has 72 valence electrons. The average molecular weight is 185 g/mol. The lowest BCUT2D eigenvalue weighted by molar-refractivity contribution is -0.144. The van der Waals surface area contributed by atoms with Crippen LogP contribution in [0.2, 0.25) is 0 Å². The molecule has 5 heteroatoms. The van der Waals surface area contributed by atoms with Crippen LogP contribution in [0.3, 0.4) is 0 Å². The summed E-state index contributed by atoms with van der Waals surface area (Å²) in [6.07, 6.45) is 0.577. The third-order valence-corrected chi connectivity index (χ3v) is 1.93. The Morgan fingerprint density at radius 2 is 2.31 bits per heavy atom. The van der Waals surface area contributed by atoms with Crippen LogP contribution in [-0.4, -0.2) is 30.8 Å². The highest BCUT2D eigenvalue weighted by Crippen LogP contribution is 2.09. The Morgan fingerprint density at radius 3 is 2.77 bits per heavy atom. The van der Waals surface area contributed by atoms with Crippen LogP contribution in [-0.2, 0) is 19.1 Å². The van der Waals surface area contributed by atoms with Crippen LogP contribution in [0.5, 0.6) is 0 Å². The van der Waals surface area contributed by atoms with E-state index in [1.54, 1.807) is 0 Å². The predicted molar refractivity (Wildman–Crippen MR) is 42.8 cm³/mol. The van der Waals surface area contributed by atoms with Gasteiger partial charge in [0, 0.05) is 6.42 Å². The van der Waals surface area contributed by atoms with E-state index in [2.05, 4.69) is 10.1 Å². The molecule has 0 saturated carbocycles. The Bertz CT molecular complexity index is 249. The molecule has 0 aliphatic carbocycles. The van der Waals surface area contributed by atoms with E-state index in [1.165, 1.54) is 7.11 Å². The van der Waals surface area contributed by atoms with Gasteiger partial charge in [-0.2, -0.15) is 0 Å². The molecule has 0 radical (unpaired) electrons. The molecule has 1 N–H and O–H groups in total. The molecular formula is C8H11NO4. The number of methoxy groups -OCH3 is 1. The minimum Gasteiger partial charge on any atom is -0.469 e. The lowest BCUT2D eigenvalue weighted by atomic mass is 10.1. The summed E-state index contributed by atoms with van der Waals surface area (Å²) < 4.78 is 4.33. The number of carbonyl (C=O) groups is 3. The van der Waals surface area contributed by atoms with Gasteiger partial charge in [-0.05, 0) is 6.42 Å². The van der Waals surface area contributed by atoms with E-state index in [0.717, 1.165) is 0 Å². The van der Waals surface area contributed by atoms with Gasteiger partial charge in [0.05, 0.1) is 13.2 Å². The molecule has 1 aliphatic rings. The smallest absolute Gasteiger partial charge is 0.313 e. The molecule has 1 amide bonds. The number of rotatable bonds is 3. The molecule has 0 spiro atoms. The van der Waals surface area contributed by atoms with E-state index in [0.29, 0.717) is 12.8 Å². The molecule has 1 unspecified atom stereocenters. The number of hydrogen-bond donors (Lipinski definition) is 1. The summed E-state index contributed by atoms with van der Waals surface area (Å²) in [5.41, 5.74) is 0. The van der Waals surface area contributed by atoms with Crippen molar-refractivity contribution in [3.05, 3.63) is 0 Å². The van der Waals surface area contributed by atoms with Crippen LogP contribution in [0.1, 0.15) is 19.3 Å². The molecule has 1 atom stereocenters. The maximum absolute atomic E-state index is 11.2. The number of ketones is 1. The summed E-state index contributed by atoms with van der Waals surface area (Å²) in [5, 5.41) is 2.49. The maximum atomic E-state index is 11.2. The molecule has 5 nitrogen and oxygen atoms in total. The fourth-order valence-electron chi connectivity index (χ4n) is 1.19. The highest BCUT2D eigenvalue weighted by atomic mass is 16.5. The fraction of sp³-hybridized carbons (Fsp3) is 0.625. The quantitative estimate of drug-likeness (QED) is 0.470. The van der Waals surface area contributed by atoms with Crippen molar-refractivity contribution >= 4 is 17.7 Å². The summed E-state index contributed by atoms with van der Waals surface area (Å²) in [6, 6.07) is -0.494. The van der Waals surface area contributed by atoms with Crippen LogP contribution < -0.4 is 5.32 Å². The van der Waals surface area contributed by atoms with E-state index >= 15 is 0 Å². The number of carbonyl (C=O) groups excluding carboxylic acids is 3. The van der Waals surface area contributed by atoms with Crippen molar-refractivity contribution in [3.8, 4) is 0 Å². The van der Waals surface area contributed by atoms with Crippen molar-refractivity contribution in [1.82, 2.24) is 5.32 Å². The standard InChI is InChI=1S/C8H11NO4/c1-13-8(12)4-6(10)5-2-3-7(11)9-5/h5H,2-4H2,1H3,(H,9,11). The molecule has 1 rings (SSSR count). The SMILES string of the molecule is COC(=O)CC(=O)C1CCC(=O)N1. The van der Waals surface area contributed by atoms with Gasteiger partial charge >= 0.3 is 5.97 Å². The Kier molecular flexibility index (Phi) is 3.00. The van der Waals surface area contributed by atoms with Gasteiger partial charge < -0.3 is 10.1 Å². The van der Waals surface area contributed by atoms with E-state index in [9.17, 15) is 14.4 Å². The van der Waals surface area contributed by atoms with Gasteiger partial charge in [0.15, 0.2) is 5.78 Å². The summed E-state index contributed by atoms with van der Waals surface area (Å²) in [7, 11) is 1.23. The molecule has 13 heavy (non-hydrogen) atoms. The normalized spacial score (nSPS) is 21.0. The van der Waals surface area contributed by atoms with Crippen molar-refractivity contribution in [3.63, 3.8) is 0 Å². The monoisotopic (exact) mass is 185 g/mol. The van der Waals surface area contributed by atoms with Crippen molar-refractivity contribution in [2.45, 2.75) is 25.3 Å². The van der Waals surface area contributed by atoms with Crippen LogP contribution in [0.25, 0.3) is 0 Å². The summed E-state index contributed by atoms with van der Waals surface area (Å²) in [5.74, 6) is -0.980. The zero-order chi connectivity index (χ0) is 9.84. The minimum atomic E-state index is -0.564. The topological polar surface area (TPSA) is 72.5 Å². The molecular weight excluding hydrogens is 174 g/mol. The van der Waals surface area contributed by atoms with Gasteiger partial charge in [-0.1, -0.05) is 0 Å². The van der Waals surface area contributed by atoms with Crippen molar-refractivity contribution in [2.24, 2.45) is 0 Å². The largest absolute Gasteiger partial charge is 0.469 e. The summed E-state index contributed by atoms with van der Waals surface area (Å²) in [4.78, 5) is 32.7. The summed E-state index contributed by atoms with van der Waals surface area (Å²) in [6.45, 7) is 0. The van der Waals surface area contributed by atoms with Gasteiger partial charge in [0.25, 0.3) is 0 Å². The molecule has 1 saturated heterocycles. The number of amides is 1. The maximum Gasteiger partial charge on any atom is 0.313 e. The predicted octanol–water partition coefficient (Wildman–Crippen LogP) is -0.603. The highest BCUT2D eigenvalue weighted by Gasteiger charge is 2.28. The average Bonchev–Trinajstić information content (AvgIpc) is 2.51. The van der Waals surface area contributed by atoms with E-state index in [1.807, 2.05) is 0 Å². The Balaban J connectivity index is 2.40. The van der Waals surface area contributed by atoms with Gasteiger partial charge in [0.2, 0.25) is 5.91 Å². The van der Waals surface area contributed by atoms with Crippen molar-refractivity contribution in [2.75, 3.05) is 7.11 Å². The Labute approximate surface area is 75.4 Å². The zero-order valence-corrected chi connectivity index (χ0v) is 7.33. The second-order valence-corrected chi connectivity index (χ2v) is 2.88. The van der Waals surface area contributed by atoms with E-state index in [-0.39, 0.29) is 18.1 Å². The summed E-state index contributed by atoms with van der Waals surface area (Å²) >= 11 is 0. The van der Waals surface area contributed by atoms with Crippen LogP contribution >= 0.6 is 0 Å². The lowest BCUT2D eigenvalue weighted by Crippen LogP contribution is -2.34. The Hall–Kier alpha value is -1.39. The molecule has 0 aromatic carbocycles. The Morgan fingerprint density at radius 1 is 1.62 bits per heavy atom. The van der Waals surface area contributed by atoms with Gasteiger partial charge in [-0.3, -0.25) is 14.4 Å². The minimum absolute atomic E-state index is 0.136. The first-order valence-corrected chi connectivity index (χ1v) is 4.02. The number of hydrogen-bond acceptors (Lipinski definition) is 4. The zero-order valence-electron chi connectivity index (χ0n) is 7.33. The molecule has 1 fully saturated rings. The first kappa shape index (κ1) is 9.70. The van der Waals surface area contributed by atoms with Crippen LogP contribution in [0.15, 0.2) is 0 Å². The van der Waals surface area contributed by atoms with E-state index < -0.39 is 12.0 Å². The van der Waals surface area contributed by atoms with Gasteiger partial charge in [-0.15, -0.1) is 0 Å². The van der Waals surface area contributed by atoms with Gasteiger partial charge in [0.1, 0.15) is 6.42 Å². The van der Waals surface area contributed by atoms with Crippen molar-refractivity contribution in [1.29, 1.82) is 0 Å². The molecule has 1 heterocycles. The molecule has 0 bridgehead atoms. The number of ether oxygens (including phenoxy) is 1. The first-order chi connectivity index (χ1) is 6.13. The molecule has 0 aromatic heterocycles. The second-order valence-electron chi connectivity index (χ2n) is 2.88. The highest BCUT2D eigenvalue weighted by molar-refractivity contribution is 6.01. The second kappa shape index (κ2) is 4.02. The number of esters is 1. The lowest BCUT2D eigenvalue weighted by Gasteiger charge is -2.06. The molecule has 1 aliphatic heterocycles. The number of Topliss-reactive ketones (excluding diaryl/α,β-unsaturated/α-hetero) is 1. The van der Waals surface area contributed by atoms with Crippen LogP contribution in [0, 0.1) is 0 Å².